The lowest BCUT2D eigenvalue weighted by Gasteiger charge is -2.33. The number of piperidine rings is 1. The third-order valence-corrected chi connectivity index (χ3v) is 8.61. The minimum Gasteiger partial charge on any atom is -0.318 e. The number of pyridine rings is 1. The SMILES string of the molecule is O=Cc1nc2cnc3c(ccn3S(=O)(=O)c3ccccc3)c2n1C1CCN(Cc2ccccc2)CC1. The molecule has 0 atom stereocenters. The highest BCUT2D eigenvalue weighted by atomic mass is 32.2. The second kappa shape index (κ2) is 9.00. The van der Waals surface area contributed by atoms with Gasteiger partial charge < -0.3 is 4.57 Å². The topological polar surface area (TPSA) is 90.1 Å². The van der Waals surface area contributed by atoms with Crippen LogP contribution >= 0.6 is 0 Å². The van der Waals surface area contributed by atoms with Crippen molar-refractivity contribution < 1.29 is 13.2 Å². The molecule has 9 heteroatoms. The van der Waals surface area contributed by atoms with Crippen molar-refractivity contribution in [3.63, 3.8) is 0 Å². The summed E-state index contributed by atoms with van der Waals surface area (Å²) >= 11 is 0. The number of fused-ring (bicyclic) bond motifs is 3. The first-order valence-electron chi connectivity index (χ1n) is 12.0. The van der Waals surface area contributed by atoms with Crippen LogP contribution in [0.1, 0.15) is 35.1 Å². The molecule has 1 aliphatic rings. The zero-order chi connectivity index (χ0) is 24.7. The number of aromatic nitrogens is 4. The predicted molar refractivity (Wildman–Crippen MR) is 137 cm³/mol. The van der Waals surface area contributed by atoms with Crippen LogP contribution in [0.2, 0.25) is 0 Å². The van der Waals surface area contributed by atoms with Crippen molar-refractivity contribution in [3.05, 3.63) is 90.5 Å². The third-order valence-electron chi connectivity index (χ3n) is 6.93. The lowest BCUT2D eigenvalue weighted by Crippen LogP contribution is -2.34. The Hall–Kier alpha value is -3.82. The Bertz CT molecular complexity index is 1650. The summed E-state index contributed by atoms with van der Waals surface area (Å²) in [4.78, 5) is 23.6. The maximum absolute atomic E-state index is 13.3. The molecule has 0 amide bonds. The fraction of sp³-hybridized carbons (Fsp3) is 0.222. The Labute approximate surface area is 208 Å². The van der Waals surface area contributed by atoms with E-state index in [4.69, 9.17) is 0 Å². The van der Waals surface area contributed by atoms with E-state index < -0.39 is 10.0 Å². The zero-order valence-electron chi connectivity index (χ0n) is 19.6. The Kier molecular flexibility index (Phi) is 5.66. The van der Waals surface area contributed by atoms with Gasteiger partial charge in [0.1, 0.15) is 5.52 Å². The summed E-state index contributed by atoms with van der Waals surface area (Å²) in [6.07, 6.45) is 5.60. The predicted octanol–water partition coefficient (Wildman–Crippen LogP) is 4.27. The van der Waals surface area contributed by atoms with Gasteiger partial charge in [-0.1, -0.05) is 48.5 Å². The van der Waals surface area contributed by atoms with Crippen molar-refractivity contribution in [2.45, 2.75) is 30.3 Å². The summed E-state index contributed by atoms with van der Waals surface area (Å²) in [7, 11) is -3.82. The molecule has 0 saturated carbocycles. The van der Waals surface area contributed by atoms with Gasteiger partial charge in [0.2, 0.25) is 0 Å². The fourth-order valence-electron chi connectivity index (χ4n) is 5.20. The first-order chi connectivity index (χ1) is 17.6. The smallest absolute Gasteiger partial charge is 0.269 e. The minimum absolute atomic E-state index is 0.0851. The van der Waals surface area contributed by atoms with Gasteiger partial charge in [-0.2, -0.15) is 0 Å². The van der Waals surface area contributed by atoms with Crippen molar-refractivity contribution in [3.8, 4) is 0 Å². The normalized spacial score (nSPS) is 15.6. The van der Waals surface area contributed by atoms with E-state index >= 15 is 0 Å². The number of carbonyl (C=O) groups excluding carboxylic acids is 1. The molecule has 3 aromatic heterocycles. The molecule has 5 aromatic rings. The van der Waals surface area contributed by atoms with Gasteiger partial charge in [-0.05, 0) is 36.6 Å². The number of aldehydes is 1. The van der Waals surface area contributed by atoms with E-state index in [1.165, 1.54) is 15.7 Å². The van der Waals surface area contributed by atoms with Crippen molar-refractivity contribution in [2.75, 3.05) is 13.1 Å². The number of imidazole rings is 1. The van der Waals surface area contributed by atoms with E-state index in [0.717, 1.165) is 44.3 Å². The quantitative estimate of drug-likeness (QED) is 0.324. The summed E-state index contributed by atoms with van der Waals surface area (Å²) in [5, 5.41) is 0.666. The molecule has 0 N–H and O–H groups in total. The highest BCUT2D eigenvalue weighted by Crippen LogP contribution is 2.33. The van der Waals surface area contributed by atoms with Gasteiger partial charge in [0, 0.05) is 37.3 Å². The maximum Gasteiger partial charge on any atom is 0.269 e. The Morgan fingerprint density at radius 3 is 2.33 bits per heavy atom. The molecule has 1 fully saturated rings. The second-order valence-corrected chi connectivity index (χ2v) is 10.9. The first-order valence-corrected chi connectivity index (χ1v) is 13.4. The Morgan fingerprint density at radius 1 is 0.944 bits per heavy atom. The summed E-state index contributed by atoms with van der Waals surface area (Å²) in [5.41, 5.74) is 2.95. The summed E-state index contributed by atoms with van der Waals surface area (Å²) in [6.45, 7) is 2.69. The van der Waals surface area contributed by atoms with Crippen LogP contribution in [-0.2, 0) is 16.6 Å². The third kappa shape index (κ3) is 3.81. The molecule has 4 heterocycles. The number of rotatable bonds is 6. The van der Waals surface area contributed by atoms with Gasteiger partial charge in [-0.25, -0.2) is 22.4 Å². The number of likely N-dealkylation sites (tertiary alicyclic amines) is 1. The van der Waals surface area contributed by atoms with Crippen LogP contribution in [0.15, 0.2) is 84.0 Å². The van der Waals surface area contributed by atoms with Crippen molar-refractivity contribution in [1.82, 2.24) is 23.4 Å². The largest absolute Gasteiger partial charge is 0.318 e. The van der Waals surface area contributed by atoms with E-state index in [0.29, 0.717) is 22.4 Å². The van der Waals surface area contributed by atoms with Crippen LogP contribution in [0.3, 0.4) is 0 Å². The number of nitrogens with zero attached hydrogens (tertiary/aromatic N) is 5. The van der Waals surface area contributed by atoms with Crippen LogP contribution in [0.5, 0.6) is 0 Å². The average molecular weight is 500 g/mol. The van der Waals surface area contributed by atoms with E-state index in [1.54, 1.807) is 42.6 Å². The lowest BCUT2D eigenvalue weighted by molar-refractivity contribution is 0.110. The minimum atomic E-state index is -3.82. The molecule has 8 nitrogen and oxygen atoms in total. The fourth-order valence-corrected chi connectivity index (χ4v) is 6.52. The second-order valence-electron chi connectivity index (χ2n) is 9.11. The average Bonchev–Trinajstić information content (AvgIpc) is 3.52. The van der Waals surface area contributed by atoms with Crippen LogP contribution in [0.4, 0.5) is 0 Å². The van der Waals surface area contributed by atoms with Gasteiger partial charge >= 0.3 is 0 Å². The van der Waals surface area contributed by atoms with Crippen LogP contribution in [-0.4, -0.2) is 51.2 Å². The van der Waals surface area contributed by atoms with E-state index in [2.05, 4.69) is 39.1 Å². The van der Waals surface area contributed by atoms with Crippen molar-refractivity contribution in [2.24, 2.45) is 0 Å². The molecule has 6 rings (SSSR count). The summed E-state index contributed by atoms with van der Waals surface area (Å²) in [6, 6.07) is 20.5. The standard InChI is InChI=1S/C27H25N5O3S/c33-19-25-29-24-17-28-27-23(13-16-31(27)36(34,35)22-9-5-2-6-10-22)26(24)32(25)21-11-14-30(15-12-21)18-20-7-3-1-4-8-20/h1-10,13,16-17,19,21H,11-12,14-15,18H2. The molecule has 0 radical (unpaired) electrons. The lowest BCUT2D eigenvalue weighted by atomic mass is 10.0. The number of carbonyl (C=O) groups is 1. The molecule has 1 saturated heterocycles. The number of hydrogen-bond acceptors (Lipinski definition) is 6. The highest BCUT2D eigenvalue weighted by molar-refractivity contribution is 7.90. The first kappa shape index (κ1) is 22.6. The van der Waals surface area contributed by atoms with Crippen molar-refractivity contribution >= 4 is 38.4 Å². The summed E-state index contributed by atoms with van der Waals surface area (Å²) < 4.78 is 29.8. The van der Waals surface area contributed by atoms with Gasteiger partial charge in [-0.15, -0.1) is 0 Å². The molecule has 2 aromatic carbocycles. The Morgan fingerprint density at radius 2 is 1.64 bits per heavy atom. The molecule has 0 spiro atoms. The van der Waals surface area contributed by atoms with Gasteiger partial charge in [0.15, 0.2) is 17.8 Å². The highest BCUT2D eigenvalue weighted by Gasteiger charge is 2.27. The van der Waals surface area contributed by atoms with Crippen LogP contribution in [0, 0.1) is 0 Å². The molecule has 0 unspecified atom stereocenters. The maximum atomic E-state index is 13.3. The zero-order valence-corrected chi connectivity index (χ0v) is 20.4. The van der Waals surface area contributed by atoms with E-state index in [-0.39, 0.29) is 10.9 Å². The molecule has 0 aliphatic carbocycles. The molecular weight excluding hydrogens is 474 g/mol. The molecule has 36 heavy (non-hydrogen) atoms. The molecule has 1 aliphatic heterocycles. The van der Waals surface area contributed by atoms with Crippen LogP contribution < -0.4 is 0 Å². The van der Waals surface area contributed by atoms with Gasteiger partial charge in [0.25, 0.3) is 10.0 Å². The molecular formula is C27H25N5O3S. The number of benzene rings is 2. The molecule has 0 bridgehead atoms. The van der Waals surface area contributed by atoms with Crippen LogP contribution in [0.25, 0.3) is 22.1 Å². The summed E-state index contributed by atoms with van der Waals surface area (Å²) in [5.74, 6) is 0.347. The van der Waals surface area contributed by atoms with E-state index in [1.807, 2.05) is 10.6 Å². The molecule has 182 valence electrons. The van der Waals surface area contributed by atoms with Gasteiger partial charge in [-0.3, -0.25) is 9.69 Å². The van der Waals surface area contributed by atoms with E-state index in [9.17, 15) is 13.2 Å². The number of hydrogen-bond donors (Lipinski definition) is 0. The monoisotopic (exact) mass is 499 g/mol. The van der Waals surface area contributed by atoms with Crippen molar-refractivity contribution in [1.29, 1.82) is 0 Å². The Balaban J connectivity index is 1.38. The van der Waals surface area contributed by atoms with Gasteiger partial charge in [0.05, 0.1) is 16.6 Å².